The molecule has 0 fully saturated rings. The molecule has 4 nitrogen and oxygen atoms in total. The first-order valence-electron chi connectivity index (χ1n) is 5.42. The Hall–Kier alpha value is -0.910. The molecular weight excluding hydrogens is 258 g/mol. The van der Waals surface area contributed by atoms with Crippen LogP contribution in [-0.2, 0) is 0 Å². The summed E-state index contributed by atoms with van der Waals surface area (Å²) in [6.45, 7) is 4.39. The van der Waals surface area contributed by atoms with Crippen LogP contribution in [0, 0.1) is 5.92 Å². The Morgan fingerprint density at radius 2 is 2.18 bits per heavy atom. The van der Waals surface area contributed by atoms with Gasteiger partial charge in [-0.15, -0.1) is 0 Å². The van der Waals surface area contributed by atoms with Crippen molar-refractivity contribution in [2.75, 3.05) is 11.9 Å². The van der Waals surface area contributed by atoms with Crippen LogP contribution < -0.4 is 5.32 Å². The number of aromatic nitrogens is 2. The van der Waals surface area contributed by atoms with E-state index < -0.39 is 6.10 Å². The highest BCUT2D eigenvalue weighted by Crippen LogP contribution is 2.29. The van der Waals surface area contributed by atoms with E-state index >= 15 is 0 Å². The summed E-state index contributed by atoms with van der Waals surface area (Å²) in [5.74, 6) is 0.203. The Morgan fingerprint density at radius 1 is 1.41 bits per heavy atom. The van der Waals surface area contributed by atoms with E-state index in [1.54, 1.807) is 6.07 Å². The van der Waals surface area contributed by atoms with Gasteiger partial charge in [0.25, 0.3) is 0 Å². The maximum atomic E-state index is 9.76. The molecule has 0 radical (unpaired) electrons. The van der Waals surface area contributed by atoms with Gasteiger partial charge in [-0.05, 0) is 18.1 Å². The van der Waals surface area contributed by atoms with Gasteiger partial charge < -0.3 is 10.4 Å². The summed E-state index contributed by atoms with van der Waals surface area (Å²) in [7, 11) is 0. The monoisotopic (exact) mass is 271 g/mol. The van der Waals surface area contributed by atoms with E-state index in [1.807, 2.05) is 19.9 Å². The van der Waals surface area contributed by atoms with Crippen LogP contribution in [0.15, 0.2) is 12.1 Å². The molecule has 0 amide bonds. The van der Waals surface area contributed by atoms with Gasteiger partial charge in [-0.1, -0.05) is 25.4 Å². The van der Waals surface area contributed by atoms with Gasteiger partial charge in [0.15, 0.2) is 0 Å². The Morgan fingerprint density at radius 3 is 2.88 bits per heavy atom. The van der Waals surface area contributed by atoms with Gasteiger partial charge in [0.2, 0.25) is 0 Å². The summed E-state index contributed by atoms with van der Waals surface area (Å²) < 4.78 is 8.36. The number of rotatable bonds is 4. The van der Waals surface area contributed by atoms with E-state index in [1.165, 1.54) is 0 Å². The largest absolute Gasteiger partial charge is 0.391 e. The minimum atomic E-state index is -0.409. The molecule has 2 aromatic rings. The zero-order chi connectivity index (χ0) is 12.4. The number of nitrogens with zero attached hydrogens (tertiary/aromatic N) is 2. The van der Waals surface area contributed by atoms with Crippen molar-refractivity contribution in [1.29, 1.82) is 0 Å². The standard InChI is InChI=1S/C11H14ClN3OS/c1-6(2)9(16)5-13-10-7(12)3-4-8-11(10)15-17-14-8/h3-4,6,9,13,16H,5H2,1-2H3. The molecule has 17 heavy (non-hydrogen) atoms. The van der Waals surface area contributed by atoms with Gasteiger partial charge in [0, 0.05) is 6.54 Å². The summed E-state index contributed by atoms with van der Waals surface area (Å²) in [6, 6.07) is 3.63. The molecule has 6 heteroatoms. The Balaban J connectivity index is 2.22. The van der Waals surface area contributed by atoms with Crippen LogP contribution >= 0.6 is 23.3 Å². The molecule has 0 saturated heterocycles. The molecular formula is C11H14ClN3OS. The lowest BCUT2D eigenvalue weighted by Crippen LogP contribution is -2.24. The fourth-order valence-corrected chi connectivity index (χ4v) is 2.20. The minimum Gasteiger partial charge on any atom is -0.391 e. The summed E-state index contributed by atoms with van der Waals surface area (Å²) in [4.78, 5) is 0. The van der Waals surface area contributed by atoms with Crippen molar-refractivity contribution in [3.8, 4) is 0 Å². The van der Waals surface area contributed by atoms with Crippen molar-refractivity contribution < 1.29 is 5.11 Å². The number of halogens is 1. The van der Waals surface area contributed by atoms with Crippen LogP contribution in [0.25, 0.3) is 11.0 Å². The van der Waals surface area contributed by atoms with Gasteiger partial charge >= 0.3 is 0 Å². The lowest BCUT2D eigenvalue weighted by Gasteiger charge is -2.16. The zero-order valence-electron chi connectivity index (χ0n) is 9.64. The highest BCUT2D eigenvalue weighted by Gasteiger charge is 2.13. The summed E-state index contributed by atoms with van der Waals surface area (Å²) in [5.41, 5.74) is 2.33. The predicted molar refractivity (Wildman–Crippen MR) is 71.8 cm³/mol. The number of aliphatic hydroxyl groups is 1. The van der Waals surface area contributed by atoms with Crippen LogP contribution in [0.1, 0.15) is 13.8 Å². The average Bonchev–Trinajstić information content (AvgIpc) is 2.75. The molecule has 0 aliphatic rings. The third-order valence-electron chi connectivity index (χ3n) is 2.63. The second-order valence-electron chi connectivity index (χ2n) is 4.25. The first kappa shape index (κ1) is 12.5. The average molecular weight is 272 g/mol. The van der Waals surface area contributed by atoms with Gasteiger partial charge in [-0.25, -0.2) is 0 Å². The van der Waals surface area contributed by atoms with Crippen molar-refractivity contribution in [2.24, 2.45) is 5.92 Å². The van der Waals surface area contributed by atoms with E-state index in [-0.39, 0.29) is 5.92 Å². The first-order chi connectivity index (χ1) is 8.09. The molecule has 1 aromatic carbocycles. The van der Waals surface area contributed by atoms with Gasteiger partial charge in [0.1, 0.15) is 11.0 Å². The SMILES string of the molecule is CC(C)C(O)CNc1c(Cl)ccc2nsnc12. The van der Waals surface area contributed by atoms with Crippen LogP contribution in [0.4, 0.5) is 5.69 Å². The second kappa shape index (κ2) is 5.16. The Kier molecular flexibility index (Phi) is 3.81. The van der Waals surface area contributed by atoms with Crippen molar-refractivity contribution in [3.63, 3.8) is 0 Å². The molecule has 0 aliphatic heterocycles. The van der Waals surface area contributed by atoms with Crippen LogP contribution in [0.3, 0.4) is 0 Å². The molecule has 1 atom stereocenters. The second-order valence-corrected chi connectivity index (χ2v) is 5.18. The van der Waals surface area contributed by atoms with E-state index in [4.69, 9.17) is 11.6 Å². The highest BCUT2D eigenvalue weighted by molar-refractivity contribution is 7.00. The normalized spacial score (nSPS) is 13.2. The molecule has 0 bridgehead atoms. The van der Waals surface area contributed by atoms with Gasteiger partial charge in [-0.3, -0.25) is 0 Å². The number of anilines is 1. The molecule has 1 aromatic heterocycles. The number of hydrogen-bond donors (Lipinski definition) is 2. The van der Waals surface area contributed by atoms with E-state index in [2.05, 4.69) is 14.1 Å². The molecule has 2 rings (SSSR count). The number of nitrogens with one attached hydrogen (secondary N) is 1. The van der Waals surface area contributed by atoms with Crippen molar-refractivity contribution in [2.45, 2.75) is 20.0 Å². The number of aliphatic hydroxyl groups excluding tert-OH is 1. The molecule has 1 unspecified atom stereocenters. The van der Waals surface area contributed by atoms with Crippen LogP contribution in [0.5, 0.6) is 0 Å². The van der Waals surface area contributed by atoms with Crippen molar-refractivity contribution in [3.05, 3.63) is 17.2 Å². The minimum absolute atomic E-state index is 0.203. The third kappa shape index (κ3) is 2.68. The van der Waals surface area contributed by atoms with Crippen molar-refractivity contribution in [1.82, 2.24) is 8.75 Å². The fraction of sp³-hybridized carbons (Fsp3) is 0.455. The smallest absolute Gasteiger partial charge is 0.129 e. The summed E-state index contributed by atoms with van der Waals surface area (Å²) in [5, 5.41) is 13.5. The molecule has 92 valence electrons. The molecule has 0 saturated carbocycles. The quantitative estimate of drug-likeness (QED) is 0.898. The maximum absolute atomic E-state index is 9.76. The summed E-state index contributed by atoms with van der Waals surface area (Å²) in [6.07, 6.45) is -0.409. The predicted octanol–water partition coefficient (Wildman–Crippen LogP) is 2.77. The summed E-state index contributed by atoms with van der Waals surface area (Å²) >= 11 is 7.27. The van der Waals surface area contributed by atoms with Crippen molar-refractivity contribution >= 4 is 40.0 Å². The molecule has 1 heterocycles. The van der Waals surface area contributed by atoms with Crippen LogP contribution in [0.2, 0.25) is 5.02 Å². The Labute approximate surface area is 109 Å². The lowest BCUT2D eigenvalue weighted by molar-refractivity contribution is 0.138. The van der Waals surface area contributed by atoms with E-state index in [0.29, 0.717) is 11.6 Å². The fourth-order valence-electron chi connectivity index (χ4n) is 1.44. The maximum Gasteiger partial charge on any atom is 0.129 e. The molecule has 2 N–H and O–H groups in total. The van der Waals surface area contributed by atoms with E-state index in [0.717, 1.165) is 28.4 Å². The van der Waals surface area contributed by atoms with E-state index in [9.17, 15) is 5.11 Å². The lowest BCUT2D eigenvalue weighted by atomic mass is 10.1. The molecule has 0 spiro atoms. The van der Waals surface area contributed by atoms with Gasteiger partial charge in [0.05, 0.1) is 28.5 Å². The molecule has 0 aliphatic carbocycles. The first-order valence-corrected chi connectivity index (χ1v) is 6.53. The van der Waals surface area contributed by atoms with Gasteiger partial charge in [-0.2, -0.15) is 8.75 Å². The Bertz CT molecular complexity index is 514. The van der Waals surface area contributed by atoms with Crippen LogP contribution in [-0.4, -0.2) is 26.5 Å². The number of hydrogen-bond acceptors (Lipinski definition) is 5. The topological polar surface area (TPSA) is 58.0 Å². The number of benzene rings is 1. The third-order valence-corrected chi connectivity index (χ3v) is 3.49. The zero-order valence-corrected chi connectivity index (χ0v) is 11.2. The number of fused-ring (bicyclic) bond motifs is 1. The highest BCUT2D eigenvalue weighted by atomic mass is 35.5.